The molecule has 0 bridgehead atoms. The molecule has 1 rings (SSSR count). The minimum absolute atomic E-state index is 0.129. The molecule has 0 heterocycles. The number of primary amides is 1. The summed E-state index contributed by atoms with van der Waals surface area (Å²) in [6.07, 6.45) is -2.57. The van der Waals surface area contributed by atoms with E-state index in [0.717, 1.165) is 24.3 Å². The topological polar surface area (TPSA) is 63.3 Å². The van der Waals surface area contributed by atoms with Crippen LogP contribution in [0.25, 0.3) is 6.08 Å². The largest absolute Gasteiger partial charge is 0.507 e. The molecule has 0 fully saturated rings. The molecular formula is C10H8F3NO2. The predicted molar refractivity (Wildman–Crippen MR) is 51.3 cm³/mol. The van der Waals surface area contributed by atoms with Crippen molar-refractivity contribution in [1.82, 2.24) is 0 Å². The summed E-state index contributed by atoms with van der Waals surface area (Å²) >= 11 is 0. The van der Waals surface area contributed by atoms with Crippen LogP contribution in [-0.2, 0) is 11.0 Å². The van der Waals surface area contributed by atoms with Gasteiger partial charge in [0.05, 0.1) is 5.56 Å². The Kier molecular flexibility index (Phi) is 3.22. The number of aromatic hydroxyl groups is 1. The van der Waals surface area contributed by atoms with Crippen LogP contribution in [0.5, 0.6) is 5.75 Å². The highest BCUT2D eigenvalue weighted by Crippen LogP contribution is 2.36. The van der Waals surface area contributed by atoms with Crippen molar-refractivity contribution >= 4 is 12.0 Å². The molecular weight excluding hydrogens is 223 g/mol. The summed E-state index contributed by atoms with van der Waals surface area (Å²) in [6.45, 7) is 0. The molecule has 0 atom stereocenters. The summed E-state index contributed by atoms with van der Waals surface area (Å²) in [4.78, 5) is 10.4. The van der Waals surface area contributed by atoms with Crippen molar-refractivity contribution in [2.75, 3.05) is 0 Å². The second-order valence-electron chi connectivity index (χ2n) is 3.01. The molecule has 0 radical (unpaired) electrons. The Morgan fingerprint density at radius 3 is 2.50 bits per heavy atom. The highest BCUT2D eigenvalue weighted by Gasteiger charge is 2.33. The maximum atomic E-state index is 12.4. The van der Waals surface area contributed by atoms with Gasteiger partial charge in [0.15, 0.2) is 0 Å². The lowest BCUT2D eigenvalue weighted by atomic mass is 10.1. The molecule has 0 aliphatic heterocycles. The first-order valence-electron chi connectivity index (χ1n) is 4.18. The second-order valence-corrected chi connectivity index (χ2v) is 3.01. The van der Waals surface area contributed by atoms with Gasteiger partial charge in [-0.3, -0.25) is 4.79 Å². The van der Waals surface area contributed by atoms with Gasteiger partial charge in [0.25, 0.3) is 0 Å². The zero-order valence-corrected chi connectivity index (χ0v) is 7.95. The number of phenols is 1. The molecule has 0 spiro atoms. The third kappa shape index (κ3) is 3.01. The van der Waals surface area contributed by atoms with Gasteiger partial charge < -0.3 is 10.8 Å². The molecule has 0 saturated heterocycles. The Labute approximate surface area is 89.0 Å². The molecule has 1 amide bonds. The van der Waals surface area contributed by atoms with Crippen LogP contribution in [0.3, 0.4) is 0 Å². The number of benzene rings is 1. The average Bonchev–Trinajstić information content (AvgIpc) is 2.14. The molecule has 0 aliphatic rings. The van der Waals surface area contributed by atoms with Gasteiger partial charge >= 0.3 is 6.18 Å². The fraction of sp³-hybridized carbons (Fsp3) is 0.100. The summed E-state index contributed by atoms with van der Waals surface area (Å²) in [6, 6.07) is 2.88. The van der Waals surface area contributed by atoms with Crippen molar-refractivity contribution in [2.24, 2.45) is 5.73 Å². The van der Waals surface area contributed by atoms with Crippen LogP contribution < -0.4 is 5.73 Å². The Bertz CT molecular complexity index is 438. The normalized spacial score (nSPS) is 11.9. The number of hydrogen-bond acceptors (Lipinski definition) is 2. The number of carbonyl (C=O) groups excluding carboxylic acids is 1. The third-order valence-corrected chi connectivity index (χ3v) is 1.77. The molecule has 0 aliphatic carbocycles. The molecule has 1 aromatic rings. The van der Waals surface area contributed by atoms with Crippen LogP contribution in [0, 0.1) is 0 Å². The van der Waals surface area contributed by atoms with E-state index in [4.69, 9.17) is 10.8 Å². The van der Waals surface area contributed by atoms with Crippen LogP contribution in [-0.4, -0.2) is 11.0 Å². The maximum Gasteiger partial charge on any atom is 0.419 e. The van der Waals surface area contributed by atoms with E-state index in [2.05, 4.69) is 0 Å². The molecule has 3 nitrogen and oxygen atoms in total. The van der Waals surface area contributed by atoms with Crippen LogP contribution in [0.15, 0.2) is 24.3 Å². The van der Waals surface area contributed by atoms with E-state index in [-0.39, 0.29) is 5.56 Å². The van der Waals surface area contributed by atoms with Gasteiger partial charge in [-0.15, -0.1) is 0 Å². The van der Waals surface area contributed by atoms with Gasteiger partial charge in [0, 0.05) is 6.08 Å². The minimum Gasteiger partial charge on any atom is -0.507 e. The number of carbonyl (C=O) groups is 1. The minimum atomic E-state index is -4.64. The van der Waals surface area contributed by atoms with Crippen molar-refractivity contribution in [2.45, 2.75) is 6.18 Å². The number of halogens is 3. The summed E-state index contributed by atoms with van der Waals surface area (Å²) in [5.41, 5.74) is 3.77. The lowest BCUT2D eigenvalue weighted by Gasteiger charge is -2.09. The first-order chi connectivity index (χ1) is 7.30. The summed E-state index contributed by atoms with van der Waals surface area (Å²) in [7, 11) is 0. The Morgan fingerprint density at radius 2 is 2.00 bits per heavy atom. The van der Waals surface area contributed by atoms with Gasteiger partial charge in [0.1, 0.15) is 5.75 Å². The molecule has 6 heteroatoms. The van der Waals surface area contributed by atoms with Gasteiger partial charge in [-0.2, -0.15) is 13.2 Å². The molecule has 0 aromatic heterocycles. The first-order valence-corrected chi connectivity index (χ1v) is 4.18. The molecule has 3 N–H and O–H groups in total. The summed E-state index contributed by atoms with van der Waals surface area (Å²) in [5, 5.41) is 9.01. The number of alkyl halides is 3. The van der Waals surface area contributed by atoms with Crippen LogP contribution in [0.4, 0.5) is 13.2 Å². The lowest BCUT2D eigenvalue weighted by Crippen LogP contribution is -2.06. The molecule has 0 unspecified atom stereocenters. The molecule has 86 valence electrons. The van der Waals surface area contributed by atoms with E-state index in [9.17, 15) is 18.0 Å². The zero-order valence-electron chi connectivity index (χ0n) is 7.95. The van der Waals surface area contributed by atoms with E-state index in [1.165, 1.54) is 6.07 Å². The van der Waals surface area contributed by atoms with Gasteiger partial charge in [-0.25, -0.2) is 0 Å². The van der Waals surface area contributed by atoms with Crippen LogP contribution in [0.2, 0.25) is 0 Å². The van der Waals surface area contributed by atoms with Gasteiger partial charge in [-0.05, 0) is 23.8 Å². The molecule has 1 aromatic carbocycles. The van der Waals surface area contributed by atoms with Crippen LogP contribution >= 0.6 is 0 Å². The maximum absolute atomic E-state index is 12.4. The highest BCUT2D eigenvalue weighted by atomic mass is 19.4. The third-order valence-electron chi connectivity index (χ3n) is 1.77. The standard InChI is InChI=1S/C10H8F3NO2/c11-10(12,13)7-5-6(1-3-8(7)15)2-4-9(14)16/h1-5,15H,(H2,14,16). The SMILES string of the molecule is NC(=O)C=Cc1ccc(O)c(C(F)(F)F)c1. The Balaban J connectivity index is 3.13. The van der Waals surface area contributed by atoms with Crippen LogP contribution in [0.1, 0.15) is 11.1 Å². The molecule has 0 saturated carbocycles. The van der Waals surface area contributed by atoms with E-state index < -0.39 is 23.4 Å². The number of rotatable bonds is 2. The predicted octanol–water partition coefficient (Wildman–Crippen LogP) is 1.91. The Hall–Kier alpha value is -1.98. The first kappa shape index (κ1) is 12.1. The number of phenolic OH excluding ortho intramolecular Hbond substituents is 1. The quantitative estimate of drug-likeness (QED) is 0.763. The zero-order chi connectivity index (χ0) is 12.3. The number of amides is 1. The highest BCUT2D eigenvalue weighted by molar-refractivity contribution is 5.90. The number of hydrogen-bond donors (Lipinski definition) is 2. The summed E-state index contributed by atoms with van der Waals surface area (Å²) < 4.78 is 37.1. The molecule has 16 heavy (non-hydrogen) atoms. The number of nitrogens with two attached hydrogens (primary N) is 1. The summed E-state index contributed by atoms with van der Waals surface area (Å²) in [5.74, 6) is -1.62. The Morgan fingerprint density at radius 1 is 1.38 bits per heavy atom. The van der Waals surface area contributed by atoms with Gasteiger partial charge in [0.2, 0.25) is 5.91 Å². The van der Waals surface area contributed by atoms with E-state index >= 15 is 0 Å². The van der Waals surface area contributed by atoms with E-state index in [1.54, 1.807) is 0 Å². The average molecular weight is 231 g/mol. The second kappa shape index (κ2) is 4.26. The van der Waals surface area contributed by atoms with Crippen molar-refractivity contribution in [3.05, 3.63) is 35.4 Å². The van der Waals surface area contributed by atoms with Crippen molar-refractivity contribution in [3.63, 3.8) is 0 Å². The van der Waals surface area contributed by atoms with Crippen molar-refractivity contribution < 1.29 is 23.1 Å². The monoisotopic (exact) mass is 231 g/mol. The van der Waals surface area contributed by atoms with Crippen molar-refractivity contribution in [3.8, 4) is 5.75 Å². The lowest BCUT2D eigenvalue weighted by molar-refractivity contribution is -0.138. The fourth-order valence-corrected chi connectivity index (χ4v) is 1.06. The fourth-order valence-electron chi connectivity index (χ4n) is 1.06. The van der Waals surface area contributed by atoms with E-state index in [1.807, 2.05) is 0 Å². The smallest absolute Gasteiger partial charge is 0.419 e. The van der Waals surface area contributed by atoms with Gasteiger partial charge in [-0.1, -0.05) is 6.07 Å². The van der Waals surface area contributed by atoms with E-state index in [0.29, 0.717) is 0 Å². The van der Waals surface area contributed by atoms with Crippen molar-refractivity contribution in [1.29, 1.82) is 0 Å².